The number of aryl methyl sites for hydroxylation is 2. The van der Waals surface area contributed by atoms with Crippen molar-refractivity contribution in [2.75, 3.05) is 37.5 Å². The van der Waals surface area contributed by atoms with Gasteiger partial charge in [-0.2, -0.15) is 0 Å². The van der Waals surface area contributed by atoms with E-state index in [4.69, 9.17) is 14.2 Å². The molecule has 2 N–H and O–H groups in total. The average molecular weight is 590 g/mol. The molecule has 4 rings (SSSR count). The number of rotatable bonds is 11. The quantitative estimate of drug-likeness (QED) is 0.285. The van der Waals surface area contributed by atoms with E-state index in [1.54, 1.807) is 36.4 Å². The van der Waals surface area contributed by atoms with Crippen LogP contribution < -0.4 is 24.8 Å². The number of hydrogen-bond acceptors (Lipinski definition) is 8. The third-order valence-electron chi connectivity index (χ3n) is 5.99. The fraction of sp³-hybridized carbons (Fsp3) is 0.226. The van der Waals surface area contributed by atoms with Crippen LogP contribution in [0.25, 0.3) is 6.08 Å². The van der Waals surface area contributed by atoms with Crippen molar-refractivity contribution in [2.24, 2.45) is 0 Å². The number of para-hydroxylation sites is 2. The molecule has 0 unspecified atom stereocenters. The zero-order chi connectivity index (χ0) is 30.2. The van der Waals surface area contributed by atoms with Crippen molar-refractivity contribution in [3.05, 3.63) is 82.3 Å². The minimum Gasteiger partial charge on any atom is -0.493 e. The molecule has 0 saturated carbocycles. The number of thioether (sulfide) groups is 1. The van der Waals surface area contributed by atoms with Gasteiger partial charge in [0.25, 0.3) is 17.1 Å². The van der Waals surface area contributed by atoms with Gasteiger partial charge in [-0.3, -0.25) is 24.1 Å². The molecule has 42 heavy (non-hydrogen) atoms. The van der Waals surface area contributed by atoms with Gasteiger partial charge in [-0.1, -0.05) is 24.3 Å². The minimum absolute atomic E-state index is 0.169. The molecule has 0 atom stereocenters. The Morgan fingerprint density at radius 3 is 2.33 bits per heavy atom. The van der Waals surface area contributed by atoms with Crippen molar-refractivity contribution >= 4 is 52.2 Å². The van der Waals surface area contributed by atoms with E-state index in [2.05, 4.69) is 10.6 Å². The molecule has 1 fully saturated rings. The molecule has 10 nitrogen and oxygen atoms in total. The summed E-state index contributed by atoms with van der Waals surface area (Å²) >= 11 is 0.750. The van der Waals surface area contributed by atoms with E-state index in [0.29, 0.717) is 40.8 Å². The number of ether oxygens (including phenoxy) is 3. The van der Waals surface area contributed by atoms with Gasteiger partial charge in [-0.15, -0.1) is 0 Å². The maximum atomic E-state index is 13.0. The zero-order valence-corrected chi connectivity index (χ0v) is 24.5. The van der Waals surface area contributed by atoms with Gasteiger partial charge in [0.05, 0.1) is 24.3 Å². The molecule has 4 amide bonds. The first-order chi connectivity index (χ1) is 20.2. The molecule has 0 radical (unpaired) electrons. The van der Waals surface area contributed by atoms with E-state index in [0.717, 1.165) is 27.8 Å². The number of nitrogens with zero attached hydrogens (tertiary/aromatic N) is 1. The van der Waals surface area contributed by atoms with E-state index in [-0.39, 0.29) is 17.4 Å². The van der Waals surface area contributed by atoms with Crippen LogP contribution in [0.15, 0.2) is 65.6 Å². The van der Waals surface area contributed by atoms with Crippen molar-refractivity contribution in [3.63, 3.8) is 0 Å². The molecule has 1 aliphatic heterocycles. The van der Waals surface area contributed by atoms with Crippen molar-refractivity contribution in [2.45, 2.75) is 20.8 Å². The Kier molecular flexibility index (Phi) is 9.87. The Bertz CT molecular complexity index is 1530. The lowest BCUT2D eigenvalue weighted by Crippen LogP contribution is -2.36. The Hall–Kier alpha value is -4.77. The number of methoxy groups -OCH3 is 1. The predicted molar refractivity (Wildman–Crippen MR) is 162 cm³/mol. The molecule has 1 saturated heterocycles. The van der Waals surface area contributed by atoms with Crippen LogP contribution in [0, 0.1) is 13.8 Å². The van der Waals surface area contributed by atoms with E-state index in [1.165, 1.54) is 13.2 Å². The molecule has 3 aromatic rings. The van der Waals surface area contributed by atoms with Gasteiger partial charge in [0, 0.05) is 5.69 Å². The maximum absolute atomic E-state index is 13.0. The molecule has 0 aliphatic carbocycles. The summed E-state index contributed by atoms with van der Waals surface area (Å²) in [5.74, 6) is -0.219. The summed E-state index contributed by atoms with van der Waals surface area (Å²) in [4.78, 5) is 51.7. The van der Waals surface area contributed by atoms with Crippen LogP contribution in [0.1, 0.15) is 23.6 Å². The maximum Gasteiger partial charge on any atom is 0.294 e. The molecule has 218 valence electrons. The number of amides is 4. The lowest BCUT2D eigenvalue weighted by Gasteiger charge is -2.14. The van der Waals surface area contributed by atoms with Crippen molar-refractivity contribution in [1.82, 2.24) is 4.90 Å². The highest BCUT2D eigenvalue weighted by molar-refractivity contribution is 8.18. The predicted octanol–water partition coefficient (Wildman–Crippen LogP) is 5.40. The number of carbonyl (C=O) groups excluding carboxylic acids is 4. The van der Waals surface area contributed by atoms with Crippen molar-refractivity contribution < 1.29 is 33.4 Å². The number of hydrogen-bond donors (Lipinski definition) is 2. The first kappa shape index (κ1) is 30.2. The highest BCUT2D eigenvalue weighted by Gasteiger charge is 2.36. The van der Waals surface area contributed by atoms with E-state index in [9.17, 15) is 19.2 Å². The van der Waals surface area contributed by atoms with Gasteiger partial charge >= 0.3 is 0 Å². The van der Waals surface area contributed by atoms with Gasteiger partial charge < -0.3 is 24.8 Å². The highest BCUT2D eigenvalue weighted by atomic mass is 32.2. The summed E-state index contributed by atoms with van der Waals surface area (Å²) in [6, 6.07) is 17.6. The molecule has 11 heteroatoms. The van der Waals surface area contributed by atoms with Crippen LogP contribution in [0.5, 0.6) is 17.2 Å². The normalized spacial score (nSPS) is 13.7. The lowest BCUT2D eigenvalue weighted by molar-refractivity contribution is -0.127. The number of carbonyl (C=O) groups is 4. The highest BCUT2D eigenvalue weighted by Crippen LogP contribution is 2.34. The fourth-order valence-corrected chi connectivity index (χ4v) is 5.09. The fourth-order valence-electron chi connectivity index (χ4n) is 4.25. The van der Waals surface area contributed by atoms with Crippen LogP contribution in [0.2, 0.25) is 0 Å². The van der Waals surface area contributed by atoms with E-state index < -0.39 is 23.6 Å². The van der Waals surface area contributed by atoms with Crippen LogP contribution in [0.4, 0.5) is 16.2 Å². The second kappa shape index (κ2) is 13.7. The summed E-state index contributed by atoms with van der Waals surface area (Å²) in [5, 5.41) is 4.97. The summed E-state index contributed by atoms with van der Waals surface area (Å²) in [6.45, 7) is 5.47. The van der Waals surface area contributed by atoms with Crippen LogP contribution in [-0.4, -0.2) is 54.7 Å². The first-order valence-electron chi connectivity index (χ1n) is 13.1. The number of benzene rings is 3. The van der Waals surface area contributed by atoms with Gasteiger partial charge in [-0.05, 0) is 91.7 Å². The van der Waals surface area contributed by atoms with Gasteiger partial charge in [0.2, 0.25) is 5.91 Å². The topological polar surface area (TPSA) is 123 Å². The van der Waals surface area contributed by atoms with Crippen molar-refractivity contribution in [1.29, 1.82) is 0 Å². The summed E-state index contributed by atoms with van der Waals surface area (Å²) < 4.78 is 16.6. The SMILES string of the molecule is CCOc1ccccc1NC(=O)COc1ccc(/C=C2/SC(=O)N(CC(=O)Nc3cc(C)cc(C)c3)C2=O)cc1OC. The Morgan fingerprint density at radius 1 is 0.881 bits per heavy atom. The van der Waals surface area contributed by atoms with Gasteiger partial charge in [0.15, 0.2) is 18.1 Å². The monoisotopic (exact) mass is 589 g/mol. The summed E-state index contributed by atoms with van der Waals surface area (Å²) in [6.07, 6.45) is 1.54. The minimum atomic E-state index is -0.566. The number of anilines is 2. The van der Waals surface area contributed by atoms with E-state index >= 15 is 0 Å². The largest absolute Gasteiger partial charge is 0.493 e. The van der Waals surface area contributed by atoms with Crippen LogP contribution in [0.3, 0.4) is 0 Å². The molecular weight excluding hydrogens is 558 g/mol. The molecule has 1 heterocycles. The standard InChI is InChI=1S/C31H31N3O7S/c1-5-40-24-9-7-6-8-23(24)33-29(36)18-41-25-11-10-21(15-26(25)39-4)16-27-30(37)34(31(38)42-27)17-28(35)32-22-13-19(2)12-20(3)14-22/h6-16H,5,17-18H2,1-4H3,(H,32,35)(H,33,36)/b27-16+. The van der Waals surface area contributed by atoms with Crippen molar-refractivity contribution in [3.8, 4) is 17.2 Å². The third-order valence-corrected chi connectivity index (χ3v) is 6.89. The smallest absolute Gasteiger partial charge is 0.294 e. The van der Waals surface area contributed by atoms with Crippen LogP contribution >= 0.6 is 11.8 Å². The Balaban J connectivity index is 1.38. The van der Waals surface area contributed by atoms with Crippen LogP contribution in [-0.2, 0) is 14.4 Å². The average Bonchev–Trinajstić information content (AvgIpc) is 3.20. The number of nitrogens with one attached hydrogen (secondary N) is 2. The molecular formula is C31H31N3O7S. The number of imide groups is 1. The second-order valence-corrected chi connectivity index (χ2v) is 10.4. The summed E-state index contributed by atoms with van der Waals surface area (Å²) in [7, 11) is 1.45. The molecule has 0 aromatic heterocycles. The molecule has 1 aliphatic rings. The molecule has 0 bridgehead atoms. The second-order valence-electron chi connectivity index (χ2n) is 9.37. The van der Waals surface area contributed by atoms with E-state index in [1.807, 2.05) is 45.0 Å². The Labute approximate surface area is 248 Å². The summed E-state index contributed by atoms with van der Waals surface area (Å²) in [5.41, 5.74) is 3.67. The molecule has 0 spiro atoms. The van der Waals surface area contributed by atoms with Gasteiger partial charge in [-0.25, -0.2) is 0 Å². The lowest BCUT2D eigenvalue weighted by atomic mass is 10.1. The zero-order valence-electron chi connectivity index (χ0n) is 23.7. The first-order valence-corrected chi connectivity index (χ1v) is 13.9. The third kappa shape index (κ3) is 7.70. The molecule has 3 aromatic carbocycles. The van der Waals surface area contributed by atoms with Gasteiger partial charge in [0.1, 0.15) is 12.3 Å². The Morgan fingerprint density at radius 2 is 1.62 bits per heavy atom.